The van der Waals surface area contributed by atoms with Gasteiger partial charge in [-0.25, -0.2) is 4.79 Å². The van der Waals surface area contributed by atoms with Crippen molar-refractivity contribution in [3.8, 4) is 0 Å². The summed E-state index contributed by atoms with van der Waals surface area (Å²) < 4.78 is 0. The van der Waals surface area contributed by atoms with E-state index >= 15 is 0 Å². The number of nitrogens with one attached hydrogen (secondary N) is 2. The molecule has 17 heavy (non-hydrogen) atoms. The predicted molar refractivity (Wildman–Crippen MR) is 58.6 cm³/mol. The van der Waals surface area contributed by atoms with E-state index < -0.39 is 17.4 Å². The SMILES string of the molecule is C=C(C)C1(C(=O)NC2CC2)NOC=C1C(=O)O. The molecule has 92 valence electrons. The number of amides is 1. The van der Waals surface area contributed by atoms with Crippen LogP contribution in [0, 0.1) is 0 Å². The Morgan fingerprint density at radius 1 is 1.65 bits per heavy atom. The van der Waals surface area contributed by atoms with Crippen LogP contribution in [-0.2, 0) is 14.4 Å². The third kappa shape index (κ3) is 1.80. The van der Waals surface area contributed by atoms with Crippen molar-refractivity contribution < 1.29 is 19.5 Å². The van der Waals surface area contributed by atoms with Crippen LogP contribution in [0.2, 0.25) is 0 Å². The van der Waals surface area contributed by atoms with Gasteiger partial charge < -0.3 is 15.3 Å². The molecule has 6 nitrogen and oxygen atoms in total. The monoisotopic (exact) mass is 238 g/mol. The first kappa shape index (κ1) is 11.7. The Kier molecular flexibility index (Phi) is 2.66. The van der Waals surface area contributed by atoms with Crippen LogP contribution >= 0.6 is 0 Å². The molecular weight excluding hydrogens is 224 g/mol. The fourth-order valence-electron chi connectivity index (χ4n) is 1.73. The van der Waals surface area contributed by atoms with Crippen LogP contribution in [0.5, 0.6) is 0 Å². The van der Waals surface area contributed by atoms with E-state index in [1.165, 1.54) is 0 Å². The Morgan fingerprint density at radius 3 is 2.76 bits per heavy atom. The normalized spacial score (nSPS) is 27.0. The molecule has 3 N–H and O–H groups in total. The summed E-state index contributed by atoms with van der Waals surface area (Å²) in [6, 6.07) is 0.135. The largest absolute Gasteiger partial charge is 0.478 e. The summed E-state index contributed by atoms with van der Waals surface area (Å²) in [4.78, 5) is 28.1. The Balaban J connectivity index is 2.31. The molecule has 0 aromatic heterocycles. The first-order valence-electron chi connectivity index (χ1n) is 5.32. The first-order chi connectivity index (χ1) is 7.98. The number of carboxylic acids is 1. The molecule has 0 aromatic rings. The highest BCUT2D eigenvalue weighted by Crippen LogP contribution is 2.31. The molecule has 2 aliphatic rings. The van der Waals surface area contributed by atoms with Gasteiger partial charge in [0.15, 0.2) is 5.54 Å². The van der Waals surface area contributed by atoms with Crippen molar-refractivity contribution in [2.75, 3.05) is 0 Å². The van der Waals surface area contributed by atoms with Crippen molar-refractivity contribution in [2.24, 2.45) is 0 Å². The molecule has 0 aromatic carbocycles. The molecule has 0 bridgehead atoms. The highest BCUT2D eigenvalue weighted by atomic mass is 16.6. The van der Waals surface area contributed by atoms with Gasteiger partial charge in [0.05, 0.1) is 0 Å². The minimum Gasteiger partial charge on any atom is -0.478 e. The molecule has 0 radical (unpaired) electrons. The third-order valence-corrected chi connectivity index (χ3v) is 2.92. The minimum absolute atomic E-state index is 0.135. The summed E-state index contributed by atoms with van der Waals surface area (Å²) in [5.74, 6) is -1.64. The van der Waals surface area contributed by atoms with Crippen LogP contribution in [0.25, 0.3) is 0 Å². The van der Waals surface area contributed by atoms with Gasteiger partial charge in [-0.1, -0.05) is 6.58 Å². The Labute approximate surface area is 98.3 Å². The molecule has 6 heteroatoms. The molecule has 1 unspecified atom stereocenters. The molecule has 1 aliphatic heterocycles. The second-order valence-corrected chi connectivity index (χ2v) is 4.33. The average molecular weight is 238 g/mol. The van der Waals surface area contributed by atoms with Crippen LogP contribution in [0.15, 0.2) is 24.0 Å². The van der Waals surface area contributed by atoms with Crippen molar-refractivity contribution in [1.82, 2.24) is 10.8 Å². The van der Waals surface area contributed by atoms with E-state index in [1.54, 1.807) is 6.92 Å². The maximum atomic E-state index is 12.2. The quantitative estimate of drug-likeness (QED) is 0.604. The van der Waals surface area contributed by atoms with Gasteiger partial charge in [0.25, 0.3) is 5.91 Å². The van der Waals surface area contributed by atoms with Gasteiger partial charge in [-0.2, -0.15) is 0 Å². The van der Waals surface area contributed by atoms with E-state index in [4.69, 9.17) is 9.94 Å². The van der Waals surface area contributed by atoms with E-state index in [-0.39, 0.29) is 11.6 Å². The van der Waals surface area contributed by atoms with E-state index in [0.717, 1.165) is 19.1 Å². The number of hydrogen-bond donors (Lipinski definition) is 3. The van der Waals surface area contributed by atoms with Crippen LogP contribution in [0.3, 0.4) is 0 Å². The number of carboxylic acid groups (broad SMARTS) is 1. The van der Waals surface area contributed by atoms with Gasteiger partial charge in [-0.15, -0.1) is 5.48 Å². The summed E-state index contributed by atoms with van der Waals surface area (Å²) in [6.45, 7) is 5.27. The lowest BCUT2D eigenvalue weighted by molar-refractivity contribution is -0.136. The molecular formula is C11H14N2O4. The van der Waals surface area contributed by atoms with Gasteiger partial charge in [0.1, 0.15) is 11.8 Å². The maximum Gasteiger partial charge on any atom is 0.337 e. The molecule has 1 atom stereocenters. The van der Waals surface area contributed by atoms with Crippen molar-refractivity contribution >= 4 is 11.9 Å². The Hall–Kier alpha value is -1.82. The lowest BCUT2D eigenvalue weighted by Crippen LogP contribution is -2.57. The average Bonchev–Trinajstić information content (AvgIpc) is 2.94. The van der Waals surface area contributed by atoms with E-state index in [1.807, 2.05) is 0 Å². The lowest BCUT2D eigenvalue weighted by atomic mass is 9.84. The summed E-state index contributed by atoms with van der Waals surface area (Å²) in [6.07, 6.45) is 2.87. The summed E-state index contributed by atoms with van der Waals surface area (Å²) >= 11 is 0. The van der Waals surface area contributed by atoms with Crippen molar-refractivity contribution in [2.45, 2.75) is 31.3 Å². The number of carbonyl (C=O) groups excluding carboxylic acids is 1. The maximum absolute atomic E-state index is 12.2. The number of hydrogen-bond acceptors (Lipinski definition) is 4. The number of rotatable bonds is 4. The Bertz CT molecular complexity index is 425. The molecule has 0 saturated heterocycles. The van der Waals surface area contributed by atoms with Gasteiger partial charge >= 0.3 is 5.97 Å². The van der Waals surface area contributed by atoms with Gasteiger partial charge in [-0.05, 0) is 25.3 Å². The van der Waals surface area contributed by atoms with Crippen LogP contribution in [0.1, 0.15) is 19.8 Å². The molecule has 1 aliphatic carbocycles. The van der Waals surface area contributed by atoms with E-state index in [9.17, 15) is 9.59 Å². The van der Waals surface area contributed by atoms with Crippen molar-refractivity contribution in [1.29, 1.82) is 0 Å². The molecule has 1 saturated carbocycles. The standard InChI is InChI=1S/C11H14N2O4/c1-6(2)11(10(16)12-7-3-4-7)8(9(14)15)5-17-13-11/h5,7,13H,1,3-4H2,2H3,(H,12,16)(H,14,15). The van der Waals surface area contributed by atoms with Crippen LogP contribution in [-0.4, -0.2) is 28.6 Å². The fraction of sp³-hybridized carbons (Fsp3) is 0.455. The summed E-state index contributed by atoms with van der Waals surface area (Å²) in [5.41, 5.74) is 1.18. The first-order valence-corrected chi connectivity index (χ1v) is 5.32. The smallest absolute Gasteiger partial charge is 0.337 e. The summed E-state index contributed by atoms with van der Waals surface area (Å²) in [5, 5.41) is 11.8. The molecule has 1 heterocycles. The van der Waals surface area contributed by atoms with Gasteiger partial charge in [-0.3, -0.25) is 4.79 Å². The van der Waals surface area contributed by atoms with Crippen LogP contribution in [0.4, 0.5) is 0 Å². The second-order valence-electron chi connectivity index (χ2n) is 4.33. The van der Waals surface area contributed by atoms with Crippen LogP contribution < -0.4 is 10.8 Å². The minimum atomic E-state index is -1.49. The summed E-state index contributed by atoms with van der Waals surface area (Å²) in [7, 11) is 0. The topological polar surface area (TPSA) is 87.7 Å². The zero-order chi connectivity index (χ0) is 12.6. The van der Waals surface area contributed by atoms with Gasteiger partial charge in [0.2, 0.25) is 0 Å². The number of hydroxylamine groups is 1. The van der Waals surface area contributed by atoms with E-state index in [2.05, 4.69) is 17.4 Å². The predicted octanol–water partition coefficient (Wildman–Crippen LogP) is 0.0832. The molecule has 1 amide bonds. The fourth-order valence-corrected chi connectivity index (χ4v) is 1.73. The van der Waals surface area contributed by atoms with Crippen molar-refractivity contribution in [3.63, 3.8) is 0 Å². The molecule has 2 rings (SSSR count). The van der Waals surface area contributed by atoms with Crippen molar-refractivity contribution in [3.05, 3.63) is 24.0 Å². The zero-order valence-corrected chi connectivity index (χ0v) is 9.45. The highest BCUT2D eigenvalue weighted by molar-refractivity contribution is 6.05. The lowest BCUT2D eigenvalue weighted by Gasteiger charge is -2.28. The zero-order valence-electron chi connectivity index (χ0n) is 9.45. The number of carbonyl (C=O) groups is 2. The number of aliphatic carboxylic acids is 1. The second kappa shape index (κ2) is 3.89. The highest BCUT2D eigenvalue weighted by Gasteiger charge is 2.51. The molecule has 1 fully saturated rings. The van der Waals surface area contributed by atoms with Gasteiger partial charge in [0, 0.05) is 6.04 Å². The Morgan fingerprint density at radius 2 is 2.29 bits per heavy atom. The van der Waals surface area contributed by atoms with E-state index in [0.29, 0.717) is 5.57 Å². The molecule has 0 spiro atoms. The third-order valence-electron chi connectivity index (χ3n) is 2.92.